The Morgan fingerprint density at radius 2 is 1.67 bits per heavy atom. The molecule has 3 rings (SSSR count). The van der Waals surface area contributed by atoms with Gasteiger partial charge in [-0.3, -0.25) is 0 Å². The van der Waals surface area contributed by atoms with Gasteiger partial charge in [0.1, 0.15) is 11.6 Å². The minimum Gasteiger partial charge on any atom is -0.366 e. The Labute approximate surface area is 152 Å². The second kappa shape index (κ2) is 7.42. The van der Waals surface area contributed by atoms with Gasteiger partial charge in [0.15, 0.2) is 0 Å². The molecule has 2 aromatic rings. The number of piperazine rings is 1. The monoisotopic (exact) mass is 385 g/mol. The van der Waals surface area contributed by atoms with E-state index in [1.807, 2.05) is 0 Å². The summed E-state index contributed by atoms with van der Waals surface area (Å²) in [4.78, 5) is 15.4. The number of benzene rings is 2. The molecule has 0 saturated carbocycles. The van der Waals surface area contributed by atoms with Gasteiger partial charge in [0.05, 0.1) is 11.3 Å². The van der Waals surface area contributed by atoms with Crippen LogP contribution in [0.2, 0.25) is 0 Å². The first-order valence-electron chi connectivity index (χ1n) is 8.17. The van der Waals surface area contributed by atoms with Gasteiger partial charge >= 0.3 is 12.2 Å². The van der Waals surface area contributed by atoms with E-state index in [9.17, 15) is 26.7 Å². The second-order valence-corrected chi connectivity index (χ2v) is 6.08. The molecule has 9 heteroatoms. The number of halogens is 5. The molecule has 1 fully saturated rings. The van der Waals surface area contributed by atoms with Crippen molar-refractivity contribution in [3.05, 3.63) is 59.7 Å². The van der Waals surface area contributed by atoms with E-state index in [-0.39, 0.29) is 24.5 Å². The van der Waals surface area contributed by atoms with Crippen molar-refractivity contribution in [2.75, 3.05) is 36.4 Å². The molecule has 144 valence electrons. The van der Waals surface area contributed by atoms with Gasteiger partial charge in [-0.2, -0.15) is 13.2 Å². The number of alkyl halides is 3. The summed E-state index contributed by atoms with van der Waals surface area (Å²) in [7, 11) is 0. The fourth-order valence-electron chi connectivity index (χ4n) is 2.86. The highest BCUT2D eigenvalue weighted by Crippen LogP contribution is 2.30. The molecule has 2 aromatic carbocycles. The first-order chi connectivity index (χ1) is 12.7. The zero-order valence-corrected chi connectivity index (χ0v) is 14.1. The molecule has 2 amide bonds. The quantitative estimate of drug-likeness (QED) is 0.781. The molecule has 0 aromatic heterocycles. The van der Waals surface area contributed by atoms with Crippen molar-refractivity contribution in [1.82, 2.24) is 4.90 Å². The van der Waals surface area contributed by atoms with Crippen LogP contribution < -0.4 is 10.2 Å². The maximum absolute atomic E-state index is 13.8. The molecule has 1 N–H and O–H groups in total. The van der Waals surface area contributed by atoms with Gasteiger partial charge in [0, 0.05) is 37.9 Å². The number of nitrogens with one attached hydrogen (secondary N) is 1. The lowest BCUT2D eigenvalue weighted by atomic mass is 10.2. The third-order valence-electron chi connectivity index (χ3n) is 4.26. The number of nitrogens with zero attached hydrogens (tertiary/aromatic N) is 2. The molecular formula is C18H16F5N3O. The van der Waals surface area contributed by atoms with Crippen molar-refractivity contribution in [2.45, 2.75) is 6.18 Å². The molecule has 1 aliphatic heterocycles. The van der Waals surface area contributed by atoms with Crippen LogP contribution in [0.3, 0.4) is 0 Å². The van der Waals surface area contributed by atoms with Crippen molar-refractivity contribution in [3.63, 3.8) is 0 Å². The lowest BCUT2D eigenvalue weighted by Crippen LogP contribution is -2.50. The average Bonchev–Trinajstić information content (AvgIpc) is 2.61. The largest absolute Gasteiger partial charge is 0.416 e. The Balaban J connectivity index is 1.60. The van der Waals surface area contributed by atoms with E-state index >= 15 is 0 Å². The maximum atomic E-state index is 13.8. The van der Waals surface area contributed by atoms with Gasteiger partial charge in [0.25, 0.3) is 0 Å². The molecule has 0 spiro atoms. The van der Waals surface area contributed by atoms with E-state index in [2.05, 4.69) is 5.32 Å². The first kappa shape index (κ1) is 18.9. The molecule has 0 radical (unpaired) electrons. The predicted octanol–water partition coefficient (Wildman–Crippen LogP) is 4.34. The summed E-state index contributed by atoms with van der Waals surface area (Å²) in [5.74, 6) is -1.35. The van der Waals surface area contributed by atoms with Crippen LogP contribution in [0.15, 0.2) is 42.5 Å². The summed E-state index contributed by atoms with van der Waals surface area (Å²) in [5.41, 5.74) is -0.562. The van der Waals surface area contributed by atoms with Crippen LogP contribution in [0.5, 0.6) is 0 Å². The first-order valence-corrected chi connectivity index (χ1v) is 8.17. The molecule has 0 aliphatic carbocycles. The number of carbonyl (C=O) groups is 1. The number of hydrogen-bond acceptors (Lipinski definition) is 2. The summed E-state index contributed by atoms with van der Waals surface area (Å²) in [6, 6.07) is 7.13. The van der Waals surface area contributed by atoms with Crippen LogP contribution in [0.4, 0.5) is 38.1 Å². The van der Waals surface area contributed by atoms with Crippen molar-refractivity contribution in [3.8, 4) is 0 Å². The van der Waals surface area contributed by atoms with E-state index in [0.29, 0.717) is 13.1 Å². The molecule has 0 bridgehead atoms. The lowest BCUT2D eigenvalue weighted by Gasteiger charge is -2.36. The molecule has 1 heterocycles. The van der Waals surface area contributed by atoms with E-state index in [4.69, 9.17) is 0 Å². The molecular weight excluding hydrogens is 369 g/mol. The second-order valence-electron chi connectivity index (χ2n) is 6.08. The van der Waals surface area contributed by atoms with Crippen LogP contribution in [-0.4, -0.2) is 37.1 Å². The van der Waals surface area contributed by atoms with Crippen LogP contribution in [-0.2, 0) is 6.18 Å². The maximum Gasteiger partial charge on any atom is 0.416 e. The minimum atomic E-state index is -4.49. The van der Waals surface area contributed by atoms with Crippen molar-refractivity contribution >= 4 is 17.4 Å². The van der Waals surface area contributed by atoms with E-state index in [1.54, 1.807) is 4.90 Å². The van der Waals surface area contributed by atoms with Crippen molar-refractivity contribution < 1.29 is 26.7 Å². The third-order valence-corrected chi connectivity index (χ3v) is 4.26. The summed E-state index contributed by atoms with van der Waals surface area (Å²) < 4.78 is 65.1. The summed E-state index contributed by atoms with van der Waals surface area (Å²) >= 11 is 0. The fourth-order valence-corrected chi connectivity index (χ4v) is 2.86. The molecule has 1 aliphatic rings. The number of urea groups is 1. The van der Waals surface area contributed by atoms with Crippen molar-refractivity contribution in [2.24, 2.45) is 0 Å². The van der Waals surface area contributed by atoms with Crippen LogP contribution in [0.25, 0.3) is 0 Å². The fraction of sp³-hybridized carbons (Fsp3) is 0.278. The van der Waals surface area contributed by atoms with Gasteiger partial charge < -0.3 is 15.1 Å². The third kappa shape index (κ3) is 4.47. The number of anilines is 2. The SMILES string of the molecule is O=C(Nc1cccc(C(F)(F)F)c1)N1CCN(c2ccc(F)cc2F)CC1. The Kier molecular flexibility index (Phi) is 5.20. The van der Waals surface area contributed by atoms with E-state index in [1.165, 1.54) is 23.1 Å². The van der Waals surface area contributed by atoms with Crippen LogP contribution in [0, 0.1) is 11.6 Å². The highest BCUT2D eigenvalue weighted by molar-refractivity contribution is 5.89. The van der Waals surface area contributed by atoms with Gasteiger partial charge in [0.2, 0.25) is 0 Å². The highest BCUT2D eigenvalue weighted by atomic mass is 19.4. The number of carbonyl (C=O) groups excluding carboxylic acids is 1. The minimum absolute atomic E-state index is 0.0434. The summed E-state index contributed by atoms with van der Waals surface area (Å²) in [5, 5.41) is 2.44. The van der Waals surface area contributed by atoms with E-state index in [0.717, 1.165) is 24.3 Å². The smallest absolute Gasteiger partial charge is 0.366 e. The number of rotatable bonds is 2. The number of amides is 2. The Morgan fingerprint density at radius 3 is 2.30 bits per heavy atom. The molecule has 27 heavy (non-hydrogen) atoms. The Bertz CT molecular complexity index is 832. The van der Waals surface area contributed by atoms with Crippen molar-refractivity contribution in [1.29, 1.82) is 0 Å². The lowest BCUT2D eigenvalue weighted by molar-refractivity contribution is -0.137. The van der Waals surface area contributed by atoms with Crippen LogP contribution >= 0.6 is 0 Å². The standard InChI is InChI=1S/C18H16F5N3O/c19-13-4-5-16(15(20)11-13)25-6-8-26(9-7-25)17(27)24-14-3-1-2-12(10-14)18(21,22)23/h1-5,10-11H,6-9H2,(H,24,27). The van der Waals surface area contributed by atoms with Crippen LogP contribution in [0.1, 0.15) is 5.56 Å². The molecule has 0 unspecified atom stereocenters. The Morgan fingerprint density at radius 1 is 0.963 bits per heavy atom. The van der Waals surface area contributed by atoms with Gasteiger partial charge in [-0.25, -0.2) is 13.6 Å². The highest BCUT2D eigenvalue weighted by Gasteiger charge is 2.30. The predicted molar refractivity (Wildman–Crippen MR) is 90.6 cm³/mol. The summed E-state index contributed by atoms with van der Waals surface area (Å²) in [6.07, 6.45) is -4.49. The topological polar surface area (TPSA) is 35.6 Å². The van der Waals surface area contributed by atoms with Gasteiger partial charge in [-0.1, -0.05) is 6.07 Å². The molecule has 1 saturated heterocycles. The zero-order chi connectivity index (χ0) is 19.6. The van der Waals surface area contributed by atoms with E-state index < -0.39 is 29.4 Å². The summed E-state index contributed by atoms with van der Waals surface area (Å²) in [6.45, 7) is 1.14. The zero-order valence-electron chi connectivity index (χ0n) is 14.1. The molecule has 4 nitrogen and oxygen atoms in total. The average molecular weight is 385 g/mol. The van der Waals surface area contributed by atoms with Gasteiger partial charge in [-0.05, 0) is 30.3 Å². The Hall–Kier alpha value is -2.84. The normalized spacial score (nSPS) is 15.0. The van der Waals surface area contributed by atoms with Gasteiger partial charge in [-0.15, -0.1) is 0 Å². The molecule has 0 atom stereocenters. The number of hydrogen-bond donors (Lipinski definition) is 1.